The lowest BCUT2D eigenvalue weighted by atomic mass is 10.0. The van der Waals surface area contributed by atoms with Crippen LogP contribution in [0.5, 0.6) is 11.5 Å². The van der Waals surface area contributed by atoms with Crippen LogP contribution < -0.4 is 20.5 Å². The minimum absolute atomic E-state index is 0. The second-order valence-corrected chi connectivity index (χ2v) is 5.27. The smallest absolute Gasteiger partial charge is 0.258 e. The Hall–Kier alpha value is -1.46. The summed E-state index contributed by atoms with van der Waals surface area (Å²) in [6, 6.07) is 7.56. The topological polar surface area (TPSA) is 73.6 Å². The van der Waals surface area contributed by atoms with E-state index in [-0.39, 0.29) is 31.0 Å². The van der Waals surface area contributed by atoms with Crippen LogP contribution in [-0.4, -0.2) is 31.7 Å². The first kappa shape index (κ1) is 18.6. The summed E-state index contributed by atoms with van der Waals surface area (Å²) in [6.45, 7) is 3.10. The Labute approximate surface area is 138 Å². The molecule has 2 rings (SSSR count). The van der Waals surface area contributed by atoms with Gasteiger partial charge in [0.05, 0.1) is 6.61 Å². The van der Waals surface area contributed by atoms with Crippen molar-refractivity contribution in [3.63, 3.8) is 0 Å². The average molecular weight is 329 g/mol. The van der Waals surface area contributed by atoms with E-state index in [2.05, 4.69) is 5.32 Å². The Balaban J connectivity index is 0.00000242. The van der Waals surface area contributed by atoms with Crippen LogP contribution in [0.4, 0.5) is 0 Å². The second kappa shape index (κ2) is 9.54. The molecule has 1 aromatic rings. The molecule has 1 saturated carbocycles. The molecule has 0 aromatic heterocycles. The maximum absolute atomic E-state index is 12.0. The molecule has 0 heterocycles. The Kier molecular flexibility index (Phi) is 8.06. The molecule has 0 aliphatic heterocycles. The van der Waals surface area contributed by atoms with Gasteiger partial charge in [-0.3, -0.25) is 4.79 Å². The minimum atomic E-state index is -0.105. The molecule has 0 saturated heterocycles. The van der Waals surface area contributed by atoms with E-state index in [1.807, 2.05) is 25.1 Å². The number of carbonyl (C=O) groups is 1. The number of para-hydroxylation sites is 2. The highest BCUT2D eigenvalue weighted by Crippen LogP contribution is 2.27. The van der Waals surface area contributed by atoms with Gasteiger partial charge in [-0.05, 0) is 44.4 Å². The molecule has 2 atom stereocenters. The summed E-state index contributed by atoms with van der Waals surface area (Å²) in [5.74, 6) is 1.54. The lowest BCUT2D eigenvalue weighted by Crippen LogP contribution is -2.42. The molecule has 1 fully saturated rings. The zero-order chi connectivity index (χ0) is 15.1. The van der Waals surface area contributed by atoms with Crippen molar-refractivity contribution in [3.8, 4) is 11.5 Å². The Morgan fingerprint density at radius 1 is 1.27 bits per heavy atom. The summed E-state index contributed by atoms with van der Waals surface area (Å²) >= 11 is 0. The number of halogens is 1. The van der Waals surface area contributed by atoms with Crippen molar-refractivity contribution in [2.75, 3.05) is 19.8 Å². The lowest BCUT2D eigenvalue weighted by molar-refractivity contribution is -0.124. The fourth-order valence-electron chi connectivity index (χ4n) is 2.74. The molecule has 0 bridgehead atoms. The van der Waals surface area contributed by atoms with Crippen LogP contribution in [0, 0.1) is 5.92 Å². The number of nitrogens with two attached hydrogens (primary N) is 1. The van der Waals surface area contributed by atoms with Crippen molar-refractivity contribution >= 4 is 18.3 Å². The number of amides is 1. The molecule has 5 nitrogen and oxygen atoms in total. The van der Waals surface area contributed by atoms with Crippen LogP contribution in [0.3, 0.4) is 0 Å². The fraction of sp³-hybridized carbons (Fsp3) is 0.562. The van der Waals surface area contributed by atoms with E-state index >= 15 is 0 Å². The quantitative estimate of drug-likeness (QED) is 0.804. The normalized spacial score (nSPS) is 20.1. The molecule has 0 radical (unpaired) electrons. The number of ether oxygens (including phenoxy) is 2. The van der Waals surface area contributed by atoms with Crippen LogP contribution in [-0.2, 0) is 4.79 Å². The summed E-state index contributed by atoms with van der Waals surface area (Å²) in [5.41, 5.74) is 5.72. The van der Waals surface area contributed by atoms with Gasteiger partial charge in [-0.2, -0.15) is 0 Å². The standard InChI is InChI=1S/C16H24N2O3.ClH/c1-2-20-14-8-3-4-9-15(14)21-11-16(19)18-13-7-5-6-12(13)10-17;/h3-4,8-9,12-13H,2,5-7,10-11,17H2,1H3,(H,18,19);1H. The van der Waals surface area contributed by atoms with Gasteiger partial charge in [0.25, 0.3) is 5.91 Å². The van der Waals surface area contributed by atoms with E-state index < -0.39 is 0 Å². The molecule has 1 amide bonds. The van der Waals surface area contributed by atoms with E-state index in [0.717, 1.165) is 19.3 Å². The maximum Gasteiger partial charge on any atom is 0.258 e. The molecule has 1 aliphatic rings. The van der Waals surface area contributed by atoms with Crippen LogP contribution in [0.25, 0.3) is 0 Å². The van der Waals surface area contributed by atoms with Gasteiger partial charge < -0.3 is 20.5 Å². The van der Waals surface area contributed by atoms with Crippen LogP contribution in [0.1, 0.15) is 26.2 Å². The van der Waals surface area contributed by atoms with Crippen molar-refractivity contribution in [2.45, 2.75) is 32.2 Å². The number of hydrogen-bond acceptors (Lipinski definition) is 4. The Morgan fingerprint density at radius 2 is 1.95 bits per heavy atom. The number of rotatable bonds is 7. The van der Waals surface area contributed by atoms with E-state index in [9.17, 15) is 4.79 Å². The average Bonchev–Trinajstić information content (AvgIpc) is 2.94. The summed E-state index contributed by atoms with van der Waals surface area (Å²) in [4.78, 5) is 12.0. The van der Waals surface area contributed by atoms with E-state index in [1.165, 1.54) is 0 Å². The van der Waals surface area contributed by atoms with Crippen molar-refractivity contribution < 1.29 is 14.3 Å². The first-order chi connectivity index (χ1) is 10.2. The SMILES string of the molecule is CCOc1ccccc1OCC(=O)NC1CCCC1CN.Cl. The molecule has 22 heavy (non-hydrogen) atoms. The molecule has 2 unspecified atom stereocenters. The second-order valence-electron chi connectivity index (χ2n) is 5.27. The number of benzene rings is 1. The summed E-state index contributed by atoms with van der Waals surface area (Å²) in [5, 5.41) is 3.02. The van der Waals surface area contributed by atoms with Gasteiger partial charge in [-0.15, -0.1) is 12.4 Å². The monoisotopic (exact) mass is 328 g/mol. The van der Waals surface area contributed by atoms with Gasteiger partial charge in [-0.25, -0.2) is 0 Å². The highest BCUT2D eigenvalue weighted by molar-refractivity contribution is 5.85. The number of nitrogens with one attached hydrogen (secondary N) is 1. The Morgan fingerprint density at radius 3 is 2.59 bits per heavy atom. The van der Waals surface area contributed by atoms with E-state index in [1.54, 1.807) is 6.07 Å². The number of carbonyl (C=O) groups excluding carboxylic acids is 1. The molecule has 124 valence electrons. The lowest BCUT2D eigenvalue weighted by Gasteiger charge is -2.19. The summed E-state index contributed by atoms with van der Waals surface area (Å²) in [6.07, 6.45) is 3.22. The van der Waals surface area contributed by atoms with E-state index in [0.29, 0.717) is 30.6 Å². The molecule has 1 aromatic carbocycles. The maximum atomic E-state index is 12.0. The molecular formula is C16H25ClN2O3. The predicted molar refractivity (Wildman–Crippen MR) is 88.7 cm³/mol. The molecule has 0 spiro atoms. The van der Waals surface area contributed by atoms with Crippen molar-refractivity contribution in [1.82, 2.24) is 5.32 Å². The number of hydrogen-bond donors (Lipinski definition) is 2. The first-order valence-corrected chi connectivity index (χ1v) is 7.58. The fourth-order valence-corrected chi connectivity index (χ4v) is 2.74. The molecule has 1 aliphatic carbocycles. The Bertz CT molecular complexity index is 470. The zero-order valence-electron chi connectivity index (χ0n) is 12.9. The van der Waals surface area contributed by atoms with Gasteiger partial charge >= 0.3 is 0 Å². The van der Waals surface area contributed by atoms with Crippen molar-refractivity contribution in [1.29, 1.82) is 0 Å². The van der Waals surface area contributed by atoms with Gasteiger partial charge in [0.15, 0.2) is 18.1 Å². The third-order valence-electron chi connectivity index (χ3n) is 3.82. The van der Waals surface area contributed by atoms with Gasteiger partial charge in [0.1, 0.15) is 0 Å². The third kappa shape index (κ3) is 5.07. The molecule has 3 N–H and O–H groups in total. The highest BCUT2D eigenvalue weighted by Gasteiger charge is 2.27. The van der Waals surface area contributed by atoms with Gasteiger partial charge in [-0.1, -0.05) is 18.6 Å². The van der Waals surface area contributed by atoms with E-state index in [4.69, 9.17) is 15.2 Å². The zero-order valence-corrected chi connectivity index (χ0v) is 13.7. The van der Waals surface area contributed by atoms with Gasteiger partial charge in [0.2, 0.25) is 0 Å². The molecular weight excluding hydrogens is 304 g/mol. The van der Waals surface area contributed by atoms with Crippen molar-refractivity contribution in [2.24, 2.45) is 11.7 Å². The highest BCUT2D eigenvalue weighted by atomic mass is 35.5. The van der Waals surface area contributed by atoms with Crippen LogP contribution in [0.2, 0.25) is 0 Å². The predicted octanol–water partition coefficient (Wildman–Crippen LogP) is 2.13. The van der Waals surface area contributed by atoms with Crippen LogP contribution in [0.15, 0.2) is 24.3 Å². The molecule has 6 heteroatoms. The largest absolute Gasteiger partial charge is 0.490 e. The summed E-state index contributed by atoms with van der Waals surface area (Å²) in [7, 11) is 0. The van der Waals surface area contributed by atoms with Gasteiger partial charge in [0, 0.05) is 6.04 Å². The van der Waals surface area contributed by atoms with Crippen LogP contribution >= 0.6 is 12.4 Å². The summed E-state index contributed by atoms with van der Waals surface area (Å²) < 4.78 is 11.0. The first-order valence-electron chi connectivity index (χ1n) is 7.58. The minimum Gasteiger partial charge on any atom is -0.490 e. The van der Waals surface area contributed by atoms with Crippen molar-refractivity contribution in [3.05, 3.63) is 24.3 Å². The third-order valence-corrected chi connectivity index (χ3v) is 3.82.